The first-order valence-corrected chi connectivity index (χ1v) is 11.5. The van der Waals surface area contributed by atoms with Crippen molar-refractivity contribution in [1.82, 2.24) is 14.9 Å². The lowest BCUT2D eigenvalue weighted by Gasteiger charge is -2.43. The largest absolute Gasteiger partial charge is 0.301 e. The van der Waals surface area contributed by atoms with Crippen molar-refractivity contribution in [2.45, 2.75) is 31.2 Å². The second-order valence-electron chi connectivity index (χ2n) is 8.39. The molecule has 1 aliphatic rings. The van der Waals surface area contributed by atoms with Crippen molar-refractivity contribution in [3.63, 3.8) is 0 Å². The minimum absolute atomic E-state index is 0.0984. The maximum Gasteiger partial charge on any atom is 0.228 e. The lowest BCUT2D eigenvalue weighted by molar-refractivity contribution is -0.120. The van der Waals surface area contributed by atoms with Crippen LogP contribution in [0, 0.1) is 0 Å². The van der Waals surface area contributed by atoms with Gasteiger partial charge < -0.3 is 4.90 Å². The number of nitrogens with zero attached hydrogens (tertiary/aromatic N) is 4. The van der Waals surface area contributed by atoms with Gasteiger partial charge in [-0.2, -0.15) is 0 Å². The molecule has 0 radical (unpaired) electrons. The van der Waals surface area contributed by atoms with Crippen LogP contribution < -0.4 is 4.90 Å². The SMILES string of the molecule is CN(CC[C@]1(c2ccc(Cl)c(Cl)c2)CCC(=O)N(c2ccccn2)C1)Cc1ccccn1. The fraction of sp³-hybridized carbons (Fsp3) is 0.320. The number of carbonyl (C=O) groups is 1. The number of pyridine rings is 2. The summed E-state index contributed by atoms with van der Waals surface area (Å²) < 4.78 is 0. The molecule has 0 N–H and O–H groups in total. The molecule has 0 spiro atoms. The third-order valence-electron chi connectivity index (χ3n) is 6.17. The Morgan fingerprint density at radius 3 is 2.50 bits per heavy atom. The van der Waals surface area contributed by atoms with Crippen molar-refractivity contribution in [3.8, 4) is 0 Å². The van der Waals surface area contributed by atoms with Gasteiger partial charge in [-0.05, 0) is 68.4 Å². The van der Waals surface area contributed by atoms with Crippen LogP contribution in [0.4, 0.5) is 5.82 Å². The Morgan fingerprint density at radius 2 is 1.81 bits per heavy atom. The Labute approximate surface area is 199 Å². The highest BCUT2D eigenvalue weighted by Gasteiger charge is 2.41. The maximum atomic E-state index is 12.8. The van der Waals surface area contributed by atoms with Crippen molar-refractivity contribution in [3.05, 3.63) is 88.3 Å². The standard InChI is InChI=1S/C25H26Cl2N4O/c1-30(17-20-6-2-4-13-28-20)15-12-25(19-8-9-21(26)22(27)16-19)11-10-24(32)31(18-25)23-7-3-5-14-29-23/h2-9,13-14,16H,10-12,15,17-18H2,1H3/t25-/m1/s1. The predicted molar refractivity (Wildman–Crippen MR) is 129 cm³/mol. The van der Waals surface area contributed by atoms with Crippen LogP contribution in [-0.2, 0) is 16.8 Å². The first kappa shape index (κ1) is 22.7. The summed E-state index contributed by atoms with van der Waals surface area (Å²) >= 11 is 12.6. The average Bonchev–Trinajstić information content (AvgIpc) is 2.82. The molecule has 1 saturated heterocycles. The minimum atomic E-state index is -0.252. The Hall–Kier alpha value is -2.47. The summed E-state index contributed by atoms with van der Waals surface area (Å²) in [6.07, 6.45) is 5.62. The van der Waals surface area contributed by atoms with E-state index in [1.165, 1.54) is 0 Å². The van der Waals surface area contributed by atoms with E-state index in [1.54, 1.807) is 6.20 Å². The molecule has 7 heteroatoms. The van der Waals surface area contributed by atoms with Crippen LogP contribution in [-0.4, -0.2) is 40.9 Å². The Balaban J connectivity index is 1.61. The fourth-order valence-corrected chi connectivity index (χ4v) is 4.63. The van der Waals surface area contributed by atoms with Gasteiger partial charge in [-0.15, -0.1) is 0 Å². The average molecular weight is 469 g/mol. The molecule has 166 valence electrons. The maximum absolute atomic E-state index is 12.8. The smallest absolute Gasteiger partial charge is 0.228 e. The molecule has 2 aromatic heterocycles. The highest BCUT2D eigenvalue weighted by Crippen LogP contribution is 2.41. The molecule has 1 aliphatic heterocycles. The zero-order chi connectivity index (χ0) is 22.6. The number of piperidine rings is 1. The number of hydrogen-bond donors (Lipinski definition) is 0. The van der Waals surface area contributed by atoms with Gasteiger partial charge in [-0.3, -0.25) is 14.7 Å². The molecule has 0 aliphatic carbocycles. The van der Waals surface area contributed by atoms with Crippen molar-refractivity contribution in [2.24, 2.45) is 0 Å². The van der Waals surface area contributed by atoms with Crippen molar-refractivity contribution < 1.29 is 4.79 Å². The van der Waals surface area contributed by atoms with Crippen LogP contribution in [0.5, 0.6) is 0 Å². The van der Waals surface area contributed by atoms with Gasteiger partial charge in [0.05, 0.1) is 15.7 Å². The molecule has 1 atom stereocenters. The lowest BCUT2D eigenvalue weighted by Crippen LogP contribution is -2.50. The number of carbonyl (C=O) groups excluding carboxylic acids is 1. The molecular formula is C25H26Cl2N4O. The number of hydrogen-bond acceptors (Lipinski definition) is 4. The summed E-state index contributed by atoms with van der Waals surface area (Å²) in [4.78, 5) is 25.8. The first-order chi connectivity index (χ1) is 15.5. The molecule has 3 aromatic rings. The first-order valence-electron chi connectivity index (χ1n) is 10.7. The Kier molecular flexibility index (Phi) is 7.09. The third kappa shape index (κ3) is 5.12. The minimum Gasteiger partial charge on any atom is -0.301 e. The van der Waals surface area contributed by atoms with Crippen LogP contribution in [0.25, 0.3) is 0 Å². The lowest BCUT2D eigenvalue weighted by atomic mass is 9.71. The van der Waals surface area contributed by atoms with E-state index in [0.717, 1.165) is 37.2 Å². The predicted octanol–water partition coefficient (Wildman–Crippen LogP) is 5.37. The summed E-state index contributed by atoms with van der Waals surface area (Å²) in [5.74, 6) is 0.782. The Bertz CT molecular complexity index is 1060. The molecule has 1 amide bonds. The third-order valence-corrected chi connectivity index (χ3v) is 6.91. The van der Waals surface area contributed by atoms with Crippen LogP contribution in [0.2, 0.25) is 10.0 Å². The molecular weight excluding hydrogens is 443 g/mol. The van der Waals surface area contributed by atoms with E-state index in [2.05, 4.69) is 21.9 Å². The Morgan fingerprint density at radius 1 is 1.03 bits per heavy atom. The van der Waals surface area contributed by atoms with Gasteiger partial charge in [0.1, 0.15) is 5.82 Å². The fourth-order valence-electron chi connectivity index (χ4n) is 4.34. The van der Waals surface area contributed by atoms with Gasteiger partial charge in [0, 0.05) is 37.3 Å². The van der Waals surface area contributed by atoms with Crippen molar-refractivity contribution in [2.75, 3.05) is 25.0 Å². The highest BCUT2D eigenvalue weighted by atomic mass is 35.5. The van der Waals surface area contributed by atoms with Gasteiger partial charge >= 0.3 is 0 Å². The van der Waals surface area contributed by atoms with E-state index in [4.69, 9.17) is 23.2 Å². The molecule has 32 heavy (non-hydrogen) atoms. The molecule has 1 fully saturated rings. The van der Waals surface area contributed by atoms with Gasteiger partial charge in [0.2, 0.25) is 5.91 Å². The molecule has 0 bridgehead atoms. The quantitative estimate of drug-likeness (QED) is 0.467. The van der Waals surface area contributed by atoms with E-state index < -0.39 is 0 Å². The van der Waals surface area contributed by atoms with Gasteiger partial charge in [0.25, 0.3) is 0 Å². The summed E-state index contributed by atoms with van der Waals surface area (Å²) in [7, 11) is 2.10. The van der Waals surface area contributed by atoms with Crippen molar-refractivity contribution >= 4 is 34.9 Å². The van der Waals surface area contributed by atoms with Crippen molar-refractivity contribution in [1.29, 1.82) is 0 Å². The molecule has 0 saturated carbocycles. The summed E-state index contributed by atoms with van der Waals surface area (Å²) in [6, 6.07) is 17.5. The summed E-state index contributed by atoms with van der Waals surface area (Å²) in [5, 5.41) is 1.07. The highest BCUT2D eigenvalue weighted by molar-refractivity contribution is 6.42. The zero-order valence-corrected chi connectivity index (χ0v) is 19.6. The van der Waals surface area contributed by atoms with Gasteiger partial charge in [0.15, 0.2) is 0 Å². The van der Waals surface area contributed by atoms with Crippen LogP contribution in [0.1, 0.15) is 30.5 Å². The number of aromatic nitrogens is 2. The normalized spacial score (nSPS) is 18.9. The molecule has 0 unspecified atom stereocenters. The number of benzene rings is 1. The van der Waals surface area contributed by atoms with Crippen LogP contribution >= 0.6 is 23.2 Å². The van der Waals surface area contributed by atoms with Crippen LogP contribution in [0.15, 0.2) is 67.0 Å². The van der Waals surface area contributed by atoms with Crippen LogP contribution in [0.3, 0.4) is 0 Å². The second kappa shape index (κ2) is 9.99. The number of amides is 1. The topological polar surface area (TPSA) is 49.3 Å². The molecule has 3 heterocycles. The monoisotopic (exact) mass is 468 g/mol. The van der Waals surface area contributed by atoms with E-state index in [1.807, 2.05) is 65.7 Å². The van der Waals surface area contributed by atoms with Gasteiger partial charge in [-0.25, -0.2) is 4.98 Å². The molecule has 4 rings (SSSR count). The molecule has 5 nitrogen and oxygen atoms in total. The van der Waals surface area contributed by atoms with E-state index in [-0.39, 0.29) is 11.3 Å². The van der Waals surface area contributed by atoms with E-state index >= 15 is 0 Å². The number of anilines is 1. The number of rotatable bonds is 7. The number of halogens is 2. The second-order valence-corrected chi connectivity index (χ2v) is 9.20. The van der Waals surface area contributed by atoms with E-state index in [9.17, 15) is 4.79 Å². The summed E-state index contributed by atoms with van der Waals surface area (Å²) in [5.41, 5.74) is 1.89. The zero-order valence-electron chi connectivity index (χ0n) is 18.0. The molecule has 1 aromatic carbocycles. The summed E-state index contributed by atoms with van der Waals surface area (Å²) in [6.45, 7) is 2.17. The van der Waals surface area contributed by atoms with Gasteiger partial charge in [-0.1, -0.05) is 41.4 Å². The van der Waals surface area contributed by atoms with E-state index in [0.29, 0.717) is 28.8 Å².